The van der Waals surface area contributed by atoms with E-state index in [1.54, 1.807) is 22.2 Å². The van der Waals surface area contributed by atoms with Crippen molar-refractivity contribution >= 4 is 138 Å². The van der Waals surface area contributed by atoms with Gasteiger partial charge in [-0.2, -0.15) is 0 Å². The third-order valence-electron chi connectivity index (χ3n) is 2.66. The topological polar surface area (TPSA) is 357 Å². The summed E-state index contributed by atoms with van der Waals surface area (Å²) in [6.07, 6.45) is 6.57. The number of likely N-dealkylation sites (tertiary alicyclic amines) is 2. The van der Waals surface area contributed by atoms with Gasteiger partial charge in [-0.25, -0.2) is 0 Å². The summed E-state index contributed by atoms with van der Waals surface area (Å²) in [6, 6.07) is 0. The first-order valence-electron chi connectivity index (χ1n) is 8.59. The van der Waals surface area contributed by atoms with Crippen molar-refractivity contribution < 1.29 is 79.9 Å². The monoisotopic (exact) mass is 704 g/mol. The molecule has 0 aromatic rings. The molecule has 208 valence electrons. The molecule has 28 heteroatoms. The van der Waals surface area contributed by atoms with Crippen LogP contribution < -0.4 is 48.0 Å². The number of hydrogen-bond acceptors (Lipinski definition) is 17. The summed E-state index contributed by atoms with van der Waals surface area (Å²) in [5, 5.41) is 0. The fraction of sp³-hybridized carbons (Fsp3) is 0.500. The van der Waals surface area contributed by atoms with Crippen LogP contribution in [-0.4, -0.2) is 161 Å². The fourth-order valence-corrected chi connectivity index (χ4v) is 1.72. The van der Waals surface area contributed by atoms with Crippen molar-refractivity contribution in [1.29, 1.82) is 0 Å². The summed E-state index contributed by atoms with van der Waals surface area (Å²) in [5.41, 5.74) is 0. The Labute approximate surface area is 290 Å². The Morgan fingerprint density at radius 1 is 0.525 bits per heavy atom. The smallest absolute Gasteiger partial charge is 0.672 e. The molecule has 0 N–H and O–H groups in total. The summed E-state index contributed by atoms with van der Waals surface area (Å²) in [5.74, 6) is 0.417. The average Bonchev–Trinajstić information content (AvgIpc) is 3.27. The van der Waals surface area contributed by atoms with Crippen LogP contribution in [0.5, 0.6) is 0 Å². The quantitative estimate of drug-likeness (QED) is 0.241. The molecule has 2 saturated heterocycles. The van der Waals surface area contributed by atoms with E-state index in [9.17, 15) is 9.59 Å². The molecule has 0 spiro atoms. The van der Waals surface area contributed by atoms with Crippen LogP contribution >= 0.6 is 0 Å². The number of carbonyl (C=O) groups excluding carboxylic acids is 2. The summed E-state index contributed by atoms with van der Waals surface area (Å²) in [4.78, 5) is 110. The van der Waals surface area contributed by atoms with Crippen LogP contribution in [0.4, 0.5) is 0 Å². The molecule has 19 nitrogen and oxygen atoms in total. The van der Waals surface area contributed by atoms with E-state index in [4.69, 9.17) is 70.3 Å². The molecule has 2 aliphatic heterocycles. The first-order valence-corrected chi connectivity index (χ1v) is 14.7. The number of hydrogen-bond donors (Lipinski definition) is 0. The van der Waals surface area contributed by atoms with Crippen molar-refractivity contribution in [2.45, 2.75) is 25.7 Å². The predicted molar refractivity (Wildman–Crippen MR) is 118 cm³/mol. The van der Waals surface area contributed by atoms with Gasteiger partial charge in [-0.05, 0) is 25.2 Å². The van der Waals surface area contributed by atoms with E-state index in [2.05, 4.69) is 13.2 Å². The van der Waals surface area contributed by atoms with E-state index < -0.39 is 45.9 Å². The Kier molecular flexibility index (Phi) is 70.6. The van der Waals surface area contributed by atoms with Crippen molar-refractivity contribution in [3.63, 3.8) is 0 Å². The van der Waals surface area contributed by atoms with Gasteiger partial charge >= 0.3 is 80.8 Å². The first kappa shape index (κ1) is 62.6. The van der Waals surface area contributed by atoms with E-state index in [-0.39, 0.29) is 92.6 Å². The normalized spacial score (nSPS) is 10.8. The maximum Gasteiger partial charge on any atom is 3.00 e. The van der Waals surface area contributed by atoms with Gasteiger partial charge in [0, 0.05) is 71.8 Å². The van der Waals surface area contributed by atoms with Crippen molar-refractivity contribution in [3.05, 3.63) is 25.6 Å². The third kappa shape index (κ3) is 90.6. The number of carbonyl (C=O) groups is 2. The number of amides is 2. The second-order valence-electron chi connectivity index (χ2n) is 5.00. The van der Waals surface area contributed by atoms with Crippen LogP contribution in [0.3, 0.4) is 0 Å². The zero-order valence-corrected chi connectivity index (χ0v) is 30.9. The molecule has 40 heavy (non-hydrogen) atoms. The SMILES string of the molecule is C=CN1CCCC1=O.C=CN1CCCC1=O.O=[Si]([O-])[O-].O=[Si]([O-])[O-].O=[Si]([O-])[O-].O=[Si]([O-])[O-].O=[Si]([O-])[O-].[Al+3].[Al+3].[Mg+2].[Mg+2]. The van der Waals surface area contributed by atoms with E-state index in [1.807, 2.05) is 0 Å². The minimum absolute atomic E-state index is 0. The molecule has 0 aliphatic carbocycles. The second-order valence-corrected chi connectivity index (χ2v) is 7.50. The van der Waals surface area contributed by atoms with Crippen molar-refractivity contribution in [2.24, 2.45) is 0 Å². The van der Waals surface area contributed by atoms with Gasteiger partial charge in [-0.15, -0.1) is 0 Å². The number of rotatable bonds is 2. The Morgan fingerprint density at radius 2 is 0.675 bits per heavy atom. The minimum atomic E-state index is -3.63. The zero-order valence-electron chi connectivity index (χ0n) is 20.7. The summed E-state index contributed by atoms with van der Waals surface area (Å²) in [6.45, 7) is 8.72. The van der Waals surface area contributed by atoms with Gasteiger partial charge in [0.1, 0.15) is 0 Å². The summed E-state index contributed by atoms with van der Waals surface area (Å²) in [7, 11) is -18.1. The fourth-order valence-electron chi connectivity index (χ4n) is 1.72. The van der Waals surface area contributed by atoms with Gasteiger partial charge in [0.15, 0.2) is 0 Å². The maximum atomic E-state index is 10.7. The largest absolute Gasteiger partial charge is 3.00 e. The molecular formula is C12H18Al2Mg2N2O17Si5. The Balaban J connectivity index is -0.0000000406. The predicted octanol–water partition coefficient (Wildman–Crippen LogP) is -14.4. The Hall–Kier alpha value is -0.898. The van der Waals surface area contributed by atoms with Gasteiger partial charge in [-0.1, -0.05) is 13.2 Å². The average molecular weight is 705 g/mol. The van der Waals surface area contributed by atoms with Crippen molar-refractivity contribution in [3.8, 4) is 0 Å². The molecule has 0 aromatic carbocycles. The molecular weight excluding hydrogens is 687 g/mol. The second kappa shape index (κ2) is 45.1. The van der Waals surface area contributed by atoms with E-state index >= 15 is 0 Å². The van der Waals surface area contributed by atoms with Crippen LogP contribution in [-0.2, 0) is 31.9 Å². The van der Waals surface area contributed by atoms with Crippen LogP contribution in [0.15, 0.2) is 25.6 Å². The third-order valence-corrected chi connectivity index (χ3v) is 2.66. The van der Waals surface area contributed by atoms with Gasteiger partial charge in [0.05, 0.1) is 0 Å². The molecule has 2 rings (SSSR count). The Bertz CT molecular complexity index is 640. The molecule has 2 fully saturated rings. The summed E-state index contributed by atoms with van der Waals surface area (Å²) < 4.78 is 42.6. The molecule has 2 heterocycles. The van der Waals surface area contributed by atoms with Gasteiger partial charge in [0.2, 0.25) is 11.8 Å². The van der Waals surface area contributed by atoms with Gasteiger partial charge < -0.3 is 80.1 Å². The molecule has 0 atom stereocenters. The van der Waals surface area contributed by atoms with Crippen molar-refractivity contribution in [1.82, 2.24) is 9.80 Å². The van der Waals surface area contributed by atoms with Crippen LogP contribution in [0, 0.1) is 0 Å². The molecule has 2 amide bonds. The summed E-state index contributed by atoms with van der Waals surface area (Å²) >= 11 is 0. The Morgan fingerprint density at radius 3 is 0.725 bits per heavy atom. The zero-order chi connectivity index (χ0) is 29.9. The molecule has 0 aromatic heterocycles. The minimum Gasteiger partial charge on any atom is -0.672 e. The van der Waals surface area contributed by atoms with E-state index in [0.717, 1.165) is 25.9 Å². The van der Waals surface area contributed by atoms with Gasteiger partial charge in [0.25, 0.3) is 0 Å². The molecule has 2 aliphatic rings. The van der Waals surface area contributed by atoms with Crippen LogP contribution in [0.25, 0.3) is 0 Å². The molecule has 0 saturated carbocycles. The van der Waals surface area contributed by atoms with Crippen LogP contribution in [0.2, 0.25) is 0 Å². The van der Waals surface area contributed by atoms with Gasteiger partial charge in [-0.3, -0.25) is 9.59 Å². The standard InChI is InChI=1S/2C6H9NO.2Al.2Mg.5O3Si/c2*1-2-7-5-3-4-6(7)8;;;;;5*1-4(2)3/h2*2H,1,3-5H2;;;;;;;;;/q;;2*+3;2*+2;5*-2. The molecule has 0 unspecified atom stereocenters. The maximum absolute atomic E-state index is 10.7. The molecule has 0 radical (unpaired) electrons. The first-order chi connectivity index (χ1) is 16.3. The van der Waals surface area contributed by atoms with E-state index in [1.165, 1.54) is 0 Å². The van der Waals surface area contributed by atoms with E-state index in [0.29, 0.717) is 12.8 Å². The number of nitrogens with zero attached hydrogens (tertiary/aromatic N) is 2. The molecule has 0 bridgehead atoms. The van der Waals surface area contributed by atoms with Crippen molar-refractivity contribution in [2.75, 3.05) is 13.1 Å². The van der Waals surface area contributed by atoms with Crippen LogP contribution in [0.1, 0.15) is 25.7 Å².